The van der Waals surface area contributed by atoms with Crippen LogP contribution in [-0.2, 0) is 0 Å². The molecule has 1 saturated heterocycles. The molecule has 0 amide bonds. The van der Waals surface area contributed by atoms with Gasteiger partial charge >= 0.3 is 0 Å². The predicted octanol–water partition coefficient (Wildman–Crippen LogP) is 2.17. The molecule has 1 unspecified atom stereocenters. The fourth-order valence-corrected chi connectivity index (χ4v) is 3.23. The second-order valence-electron chi connectivity index (χ2n) is 4.67. The fraction of sp³-hybridized carbons (Fsp3) is 0.417. The summed E-state index contributed by atoms with van der Waals surface area (Å²) in [5, 5.41) is 14.9. The topological polar surface area (TPSA) is 83.8 Å². The number of H-pyrrole nitrogens is 1. The van der Waals surface area contributed by atoms with Gasteiger partial charge in [0, 0.05) is 17.9 Å². The molecule has 0 radical (unpaired) electrons. The number of aromatic amines is 1. The molecule has 1 atom stereocenters. The van der Waals surface area contributed by atoms with E-state index in [4.69, 9.17) is 0 Å². The van der Waals surface area contributed by atoms with Gasteiger partial charge in [-0.15, -0.1) is 0 Å². The highest BCUT2D eigenvalue weighted by Gasteiger charge is 2.16. The maximum atomic E-state index is 10.7. The van der Waals surface area contributed by atoms with Gasteiger partial charge in [-0.25, -0.2) is 4.98 Å². The maximum absolute atomic E-state index is 10.7. The Morgan fingerprint density at radius 1 is 1.53 bits per heavy atom. The van der Waals surface area contributed by atoms with E-state index in [9.17, 15) is 10.1 Å². The van der Waals surface area contributed by atoms with Crippen molar-refractivity contribution in [2.45, 2.75) is 11.6 Å². The van der Waals surface area contributed by atoms with E-state index in [1.165, 1.54) is 18.6 Å². The summed E-state index contributed by atoms with van der Waals surface area (Å²) in [6.07, 6.45) is 1.21. The number of imidazole rings is 1. The van der Waals surface area contributed by atoms with Crippen molar-refractivity contribution in [1.82, 2.24) is 15.3 Å². The van der Waals surface area contributed by atoms with E-state index in [2.05, 4.69) is 15.3 Å². The van der Waals surface area contributed by atoms with E-state index in [1.54, 1.807) is 17.8 Å². The number of fused-ring (bicyclic) bond motifs is 1. The zero-order valence-electron chi connectivity index (χ0n) is 10.3. The highest BCUT2D eigenvalue weighted by atomic mass is 32.2. The van der Waals surface area contributed by atoms with Crippen molar-refractivity contribution >= 4 is 28.5 Å². The predicted molar refractivity (Wildman–Crippen MR) is 74.4 cm³/mol. The van der Waals surface area contributed by atoms with Gasteiger partial charge in [-0.2, -0.15) is 0 Å². The number of hydrogen-bond donors (Lipinski definition) is 2. The molecule has 1 aliphatic rings. The van der Waals surface area contributed by atoms with E-state index in [0.717, 1.165) is 35.0 Å². The van der Waals surface area contributed by atoms with Crippen LogP contribution in [0.15, 0.2) is 23.4 Å². The molecule has 2 N–H and O–H groups in total. The van der Waals surface area contributed by atoms with Crippen molar-refractivity contribution in [1.29, 1.82) is 0 Å². The number of hydrogen-bond acceptors (Lipinski definition) is 5. The molecule has 19 heavy (non-hydrogen) atoms. The third kappa shape index (κ3) is 2.71. The number of nitrogens with zero attached hydrogens (tertiary/aromatic N) is 2. The van der Waals surface area contributed by atoms with Crippen LogP contribution in [0.25, 0.3) is 11.0 Å². The van der Waals surface area contributed by atoms with Gasteiger partial charge in [0.1, 0.15) is 0 Å². The lowest BCUT2D eigenvalue weighted by Gasteiger charge is -2.04. The molecule has 3 rings (SSSR count). The number of rotatable bonds is 4. The minimum atomic E-state index is -0.392. The van der Waals surface area contributed by atoms with Crippen LogP contribution in [0.4, 0.5) is 5.69 Å². The zero-order valence-corrected chi connectivity index (χ0v) is 11.1. The third-order valence-electron chi connectivity index (χ3n) is 3.27. The minimum absolute atomic E-state index is 0.0905. The number of nitro groups is 1. The summed E-state index contributed by atoms with van der Waals surface area (Å²) in [7, 11) is 0. The maximum Gasteiger partial charge on any atom is 0.271 e. The molecule has 2 aromatic rings. The zero-order chi connectivity index (χ0) is 13.2. The summed E-state index contributed by atoms with van der Waals surface area (Å²) in [5.74, 6) is 1.71. The number of non-ortho nitro benzene ring substituents is 1. The van der Waals surface area contributed by atoms with E-state index in [0.29, 0.717) is 5.92 Å². The van der Waals surface area contributed by atoms with Crippen LogP contribution in [-0.4, -0.2) is 33.7 Å². The second kappa shape index (κ2) is 5.18. The number of benzene rings is 1. The molecule has 1 aromatic heterocycles. The van der Waals surface area contributed by atoms with Crippen molar-refractivity contribution in [2.24, 2.45) is 5.92 Å². The van der Waals surface area contributed by atoms with Gasteiger partial charge in [-0.1, -0.05) is 11.8 Å². The Labute approximate surface area is 114 Å². The van der Waals surface area contributed by atoms with Crippen molar-refractivity contribution in [3.8, 4) is 0 Å². The smallest absolute Gasteiger partial charge is 0.271 e. The summed E-state index contributed by atoms with van der Waals surface area (Å²) in [6.45, 7) is 2.16. The van der Waals surface area contributed by atoms with Crippen LogP contribution in [0, 0.1) is 16.0 Å². The quantitative estimate of drug-likeness (QED) is 0.508. The average molecular weight is 278 g/mol. The van der Waals surface area contributed by atoms with Crippen LogP contribution in [0.5, 0.6) is 0 Å². The molecule has 1 fully saturated rings. The number of aromatic nitrogens is 2. The Kier molecular flexibility index (Phi) is 3.39. The molecule has 100 valence electrons. The summed E-state index contributed by atoms with van der Waals surface area (Å²) in [5.41, 5.74) is 1.59. The van der Waals surface area contributed by atoms with Gasteiger partial charge in [0.05, 0.1) is 16.0 Å². The Morgan fingerprint density at radius 3 is 3.16 bits per heavy atom. The summed E-state index contributed by atoms with van der Waals surface area (Å²) in [4.78, 5) is 17.9. The third-order valence-corrected chi connectivity index (χ3v) is 4.38. The van der Waals surface area contributed by atoms with Crippen LogP contribution >= 0.6 is 11.8 Å². The molecule has 1 aromatic carbocycles. The van der Waals surface area contributed by atoms with Gasteiger partial charge in [0.25, 0.3) is 5.69 Å². The van der Waals surface area contributed by atoms with Crippen molar-refractivity contribution in [3.05, 3.63) is 28.3 Å². The monoisotopic (exact) mass is 278 g/mol. The lowest BCUT2D eigenvalue weighted by Crippen LogP contribution is -2.10. The Bertz CT molecular complexity index is 607. The van der Waals surface area contributed by atoms with Crippen LogP contribution in [0.3, 0.4) is 0 Å². The summed E-state index contributed by atoms with van der Waals surface area (Å²) in [6, 6.07) is 4.70. The fourth-order valence-electron chi connectivity index (χ4n) is 2.21. The summed E-state index contributed by atoms with van der Waals surface area (Å²) < 4.78 is 0. The Hall–Kier alpha value is -1.60. The normalized spacial score (nSPS) is 19.1. The van der Waals surface area contributed by atoms with Crippen LogP contribution < -0.4 is 5.32 Å². The van der Waals surface area contributed by atoms with Gasteiger partial charge in [-0.3, -0.25) is 10.1 Å². The molecule has 6 nitrogen and oxygen atoms in total. The first-order valence-electron chi connectivity index (χ1n) is 6.20. The Morgan fingerprint density at radius 2 is 2.42 bits per heavy atom. The number of nitro benzene ring substituents is 1. The molecule has 1 aliphatic heterocycles. The van der Waals surface area contributed by atoms with Crippen molar-refractivity contribution in [3.63, 3.8) is 0 Å². The standard InChI is InChI=1S/C12H14N4O2S/c17-16(18)9-1-2-10-11(5-9)15-12(14-10)19-7-8-3-4-13-6-8/h1-2,5,8,13H,3-4,6-7H2,(H,14,15). The lowest BCUT2D eigenvalue weighted by molar-refractivity contribution is -0.384. The molecule has 0 spiro atoms. The average Bonchev–Trinajstić information content (AvgIpc) is 3.04. The largest absolute Gasteiger partial charge is 0.333 e. The van der Waals surface area contributed by atoms with E-state index in [-0.39, 0.29) is 5.69 Å². The molecule has 7 heteroatoms. The SMILES string of the molecule is O=[N+]([O-])c1ccc2nc(SCC3CCNC3)[nH]c2c1. The number of thioether (sulfide) groups is 1. The first-order chi connectivity index (χ1) is 9.22. The highest BCUT2D eigenvalue weighted by molar-refractivity contribution is 7.99. The molecule has 2 heterocycles. The first-order valence-corrected chi connectivity index (χ1v) is 7.18. The molecule has 0 bridgehead atoms. The molecular formula is C12H14N4O2S. The second-order valence-corrected chi connectivity index (χ2v) is 5.68. The van der Waals surface area contributed by atoms with Crippen molar-refractivity contribution < 1.29 is 4.92 Å². The van der Waals surface area contributed by atoms with Crippen LogP contribution in [0.1, 0.15) is 6.42 Å². The molecular weight excluding hydrogens is 264 g/mol. The molecule has 0 aliphatic carbocycles. The lowest BCUT2D eigenvalue weighted by atomic mass is 10.2. The van der Waals surface area contributed by atoms with Gasteiger partial charge < -0.3 is 10.3 Å². The van der Waals surface area contributed by atoms with Crippen molar-refractivity contribution in [2.75, 3.05) is 18.8 Å². The van der Waals surface area contributed by atoms with Gasteiger partial charge in [0.2, 0.25) is 0 Å². The van der Waals surface area contributed by atoms with Crippen LogP contribution in [0.2, 0.25) is 0 Å². The summed E-state index contributed by atoms with van der Waals surface area (Å²) >= 11 is 1.68. The first kappa shape index (κ1) is 12.4. The number of nitrogens with one attached hydrogen (secondary N) is 2. The Balaban J connectivity index is 1.75. The molecule has 0 saturated carbocycles. The van der Waals surface area contributed by atoms with Gasteiger partial charge in [0.15, 0.2) is 5.16 Å². The van der Waals surface area contributed by atoms with E-state index >= 15 is 0 Å². The minimum Gasteiger partial charge on any atom is -0.333 e. The highest BCUT2D eigenvalue weighted by Crippen LogP contribution is 2.25. The van der Waals surface area contributed by atoms with E-state index in [1.807, 2.05) is 0 Å². The van der Waals surface area contributed by atoms with Gasteiger partial charge in [-0.05, 0) is 31.5 Å². The van der Waals surface area contributed by atoms with E-state index < -0.39 is 4.92 Å².